The zero-order valence-corrected chi connectivity index (χ0v) is 19.0. The number of carboxylic acid groups (broad SMARTS) is 1. The molecule has 0 spiro atoms. The molecular weight excluding hydrogens is 444 g/mol. The van der Waals surface area contributed by atoms with Crippen LogP contribution in [0.2, 0.25) is 0 Å². The molecule has 1 aliphatic carbocycles. The van der Waals surface area contributed by atoms with Crippen LogP contribution in [-0.2, 0) is 19.4 Å². The fourth-order valence-electron chi connectivity index (χ4n) is 3.63. The number of aliphatic carboxylic acids is 1. The molecule has 2 aromatic rings. The lowest BCUT2D eigenvalue weighted by Gasteiger charge is -2.20. The predicted molar refractivity (Wildman–Crippen MR) is 118 cm³/mol. The summed E-state index contributed by atoms with van der Waals surface area (Å²) in [6.45, 7) is 0. The quantitative estimate of drug-likeness (QED) is 0.534. The van der Waals surface area contributed by atoms with E-state index in [1.165, 1.54) is 24.2 Å². The molecule has 0 aliphatic heterocycles. The Kier molecular flexibility index (Phi) is 7.54. The Morgan fingerprint density at radius 1 is 1.27 bits per heavy atom. The van der Waals surface area contributed by atoms with E-state index >= 15 is 0 Å². The first-order valence-electron chi connectivity index (χ1n) is 9.63. The predicted octanol–water partition coefficient (Wildman–Crippen LogP) is 4.03. The first-order chi connectivity index (χ1) is 14.2. The second kappa shape index (κ2) is 9.93. The number of nitrogens with zero attached hydrogens (tertiary/aromatic N) is 1. The van der Waals surface area contributed by atoms with Gasteiger partial charge < -0.3 is 10.4 Å². The minimum atomic E-state index is -3.30. The molecular formula is C20H24N2O5S3. The first kappa shape index (κ1) is 22.8. The number of anilines is 1. The van der Waals surface area contributed by atoms with Crippen molar-refractivity contribution in [2.45, 2.75) is 47.1 Å². The number of aromatic nitrogens is 1. The number of nitrogens with one attached hydrogen (secondary N) is 1. The minimum absolute atomic E-state index is 0.0629. The maximum absolute atomic E-state index is 13.1. The molecule has 0 saturated heterocycles. The molecule has 0 radical (unpaired) electrons. The molecule has 1 heterocycles. The second-order valence-corrected chi connectivity index (χ2v) is 11.8. The van der Waals surface area contributed by atoms with Crippen LogP contribution in [0.3, 0.4) is 0 Å². The Labute approximate surface area is 184 Å². The summed E-state index contributed by atoms with van der Waals surface area (Å²) in [7, 11) is -3.30. The molecule has 1 aromatic carbocycles. The lowest BCUT2D eigenvalue weighted by atomic mass is 9.87. The maximum Gasteiger partial charge on any atom is 0.313 e. The van der Waals surface area contributed by atoms with Crippen LogP contribution < -0.4 is 5.32 Å². The van der Waals surface area contributed by atoms with Crippen LogP contribution in [0.25, 0.3) is 0 Å². The van der Waals surface area contributed by atoms with E-state index in [-0.39, 0.29) is 16.6 Å². The van der Waals surface area contributed by atoms with Crippen LogP contribution in [-0.4, -0.2) is 42.4 Å². The van der Waals surface area contributed by atoms with Crippen LogP contribution in [0.4, 0.5) is 5.13 Å². The zero-order chi connectivity index (χ0) is 21.7. The summed E-state index contributed by atoms with van der Waals surface area (Å²) in [5.41, 5.74) is 0.781. The van der Waals surface area contributed by atoms with Crippen molar-refractivity contribution in [2.75, 3.05) is 17.3 Å². The topological polar surface area (TPSA) is 113 Å². The van der Waals surface area contributed by atoms with Gasteiger partial charge in [0, 0.05) is 6.26 Å². The van der Waals surface area contributed by atoms with Gasteiger partial charge in [-0.15, -0.1) is 11.8 Å². The highest BCUT2D eigenvalue weighted by atomic mass is 32.2. The van der Waals surface area contributed by atoms with Crippen LogP contribution in [0.1, 0.15) is 43.6 Å². The summed E-state index contributed by atoms with van der Waals surface area (Å²) in [5, 5.41) is 12.1. The number of hydrogen-bond donors (Lipinski definition) is 2. The van der Waals surface area contributed by atoms with Gasteiger partial charge in [0.2, 0.25) is 5.91 Å². The monoisotopic (exact) mass is 468 g/mol. The van der Waals surface area contributed by atoms with Gasteiger partial charge in [0.05, 0.1) is 27.0 Å². The Hall–Kier alpha value is -1.91. The first-order valence-corrected chi connectivity index (χ1v) is 13.3. The Morgan fingerprint density at radius 2 is 1.93 bits per heavy atom. The largest absolute Gasteiger partial charge is 0.481 e. The molecule has 30 heavy (non-hydrogen) atoms. The van der Waals surface area contributed by atoms with Crippen LogP contribution in [0.15, 0.2) is 39.6 Å². The van der Waals surface area contributed by atoms with E-state index in [9.17, 15) is 18.0 Å². The van der Waals surface area contributed by atoms with Crippen LogP contribution in [0, 0.1) is 5.92 Å². The number of carbonyl (C=O) groups excluding carboxylic acids is 1. The molecule has 3 rings (SSSR count). The van der Waals surface area contributed by atoms with E-state index in [4.69, 9.17) is 5.11 Å². The van der Waals surface area contributed by atoms with Gasteiger partial charge in [-0.1, -0.05) is 49.2 Å². The highest BCUT2D eigenvalue weighted by Gasteiger charge is 2.27. The number of thioether (sulfide) groups is 1. The lowest BCUT2D eigenvalue weighted by molar-refractivity contribution is -0.133. The average Bonchev–Trinajstić information content (AvgIpc) is 3.35. The highest BCUT2D eigenvalue weighted by molar-refractivity contribution is 8.01. The van der Waals surface area contributed by atoms with Gasteiger partial charge in [-0.25, -0.2) is 13.4 Å². The van der Waals surface area contributed by atoms with E-state index in [1.54, 1.807) is 30.5 Å². The van der Waals surface area contributed by atoms with Crippen molar-refractivity contribution < 1.29 is 23.1 Å². The van der Waals surface area contributed by atoms with Gasteiger partial charge in [0.25, 0.3) is 0 Å². The van der Waals surface area contributed by atoms with E-state index in [1.807, 2.05) is 0 Å². The second-order valence-electron chi connectivity index (χ2n) is 7.44. The molecule has 7 nitrogen and oxygen atoms in total. The van der Waals surface area contributed by atoms with Crippen molar-refractivity contribution in [3.8, 4) is 0 Å². The van der Waals surface area contributed by atoms with Gasteiger partial charge in [-0.05, 0) is 30.0 Å². The molecule has 2 N–H and O–H groups in total. The SMILES string of the molecule is CS(=O)(=O)c1ccc([C@H](CC2CCCC2)C(=O)Nc2ncc(SCC(=O)O)s2)cc1. The third kappa shape index (κ3) is 6.29. The average molecular weight is 469 g/mol. The molecule has 1 amide bonds. The number of carbonyl (C=O) groups is 2. The lowest BCUT2D eigenvalue weighted by Crippen LogP contribution is -2.23. The number of thiazole rings is 1. The summed E-state index contributed by atoms with van der Waals surface area (Å²) in [4.78, 5) is 28.2. The van der Waals surface area contributed by atoms with Gasteiger partial charge in [-0.2, -0.15) is 0 Å². The number of sulfone groups is 1. The molecule has 1 fully saturated rings. The normalized spacial score (nSPS) is 15.8. The molecule has 1 atom stereocenters. The van der Waals surface area contributed by atoms with Crippen molar-refractivity contribution in [3.05, 3.63) is 36.0 Å². The molecule has 1 aromatic heterocycles. The third-order valence-corrected chi connectivity index (χ3v) is 8.34. The van der Waals surface area contributed by atoms with Crippen LogP contribution in [0.5, 0.6) is 0 Å². The third-order valence-electron chi connectivity index (χ3n) is 5.12. The zero-order valence-electron chi connectivity index (χ0n) is 16.5. The van der Waals surface area contributed by atoms with Gasteiger partial charge in [0.15, 0.2) is 15.0 Å². The van der Waals surface area contributed by atoms with E-state index < -0.39 is 21.7 Å². The number of amides is 1. The number of benzene rings is 1. The Morgan fingerprint density at radius 3 is 2.53 bits per heavy atom. The fourth-order valence-corrected chi connectivity index (χ4v) is 5.86. The summed E-state index contributed by atoms with van der Waals surface area (Å²) in [6.07, 6.45) is 7.95. The fraction of sp³-hybridized carbons (Fsp3) is 0.450. The Bertz CT molecular complexity index is 996. The molecule has 0 bridgehead atoms. The summed E-state index contributed by atoms with van der Waals surface area (Å²) >= 11 is 2.40. The van der Waals surface area contributed by atoms with Crippen LogP contribution >= 0.6 is 23.1 Å². The van der Waals surface area contributed by atoms with Crippen molar-refractivity contribution in [1.29, 1.82) is 0 Å². The smallest absolute Gasteiger partial charge is 0.313 e. The van der Waals surface area contributed by atoms with Crippen molar-refractivity contribution in [2.24, 2.45) is 5.92 Å². The molecule has 0 unspecified atom stereocenters. The number of rotatable bonds is 9. The van der Waals surface area contributed by atoms with E-state index in [0.29, 0.717) is 17.5 Å². The summed E-state index contributed by atoms with van der Waals surface area (Å²) in [6, 6.07) is 6.52. The maximum atomic E-state index is 13.1. The van der Waals surface area contributed by atoms with Crippen molar-refractivity contribution in [3.63, 3.8) is 0 Å². The molecule has 10 heteroatoms. The molecule has 1 aliphatic rings. The number of hydrogen-bond acceptors (Lipinski definition) is 7. The van der Waals surface area contributed by atoms with Gasteiger partial charge in [0.1, 0.15) is 0 Å². The summed E-state index contributed by atoms with van der Waals surface area (Å²) < 4.78 is 24.2. The van der Waals surface area contributed by atoms with Crippen molar-refractivity contribution >= 4 is 49.9 Å². The van der Waals surface area contributed by atoms with E-state index in [2.05, 4.69) is 10.3 Å². The van der Waals surface area contributed by atoms with Gasteiger partial charge in [-0.3, -0.25) is 9.59 Å². The van der Waals surface area contributed by atoms with Gasteiger partial charge >= 0.3 is 5.97 Å². The number of carboxylic acids is 1. The molecule has 162 valence electrons. The minimum Gasteiger partial charge on any atom is -0.481 e. The summed E-state index contributed by atoms with van der Waals surface area (Å²) in [5.74, 6) is -1.09. The highest BCUT2D eigenvalue weighted by Crippen LogP contribution is 2.36. The molecule has 1 saturated carbocycles. The van der Waals surface area contributed by atoms with Crippen molar-refractivity contribution in [1.82, 2.24) is 4.98 Å². The standard InChI is InChI=1S/C20H24N2O5S3/c1-30(26,27)15-8-6-14(7-9-15)16(10-13-4-2-3-5-13)19(25)22-20-21-11-18(29-20)28-12-17(23)24/h6-9,11,13,16H,2-5,10,12H2,1H3,(H,23,24)(H,21,22,25)/t16-/m0/s1. The van der Waals surface area contributed by atoms with E-state index in [0.717, 1.165) is 40.6 Å². The Balaban J connectivity index is 1.76.